The van der Waals surface area contributed by atoms with Crippen molar-refractivity contribution in [1.29, 1.82) is 0 Å². The zero-order valence-corrected chi connectivity index (χ0v) is 12.2. The van der Waals surface area contributed by atoms with Crippen LogP contribution in [0.15, 0.2) is 0 Å². The van der Waals surface area contributed by atoms with Crippen molar-refractivity contribution in [3.05, 3.63) is 0 Å². The summed E-state index contributed by atoms with van der Waals surface area (Å²) in [6.07, 6.45) is 3.50. The zero-order valence-electron chi connectivity index (χ0n) is 12.2. The van der Waals surface area contributed by atoms with E-state index >= 15 is 0 Å². The predicted octanol–water partition coefficient (Wildman–Crippen LogP) is -0.260. The molecule has 2 fully saturated rings. The van der Waals surface area contributed by atoms with Crippen molar-refractivity contribution < 1.29 is 14.3 Å². The van der Waals surface area contributed by atoms with Gasteiger partial charge >= 0.3 is 5.97 Å². The summed E-state index contributed by atoms with van der Waals surface area (Å²) in [4.78, 5) is 25.0. The smallest absolute Gasteiger partial charge is 0.305 e. The lowest BCUT2D eigenvalue weighted by Gasteiger charge is -2.24. The van der Waals surface area contributed by atoms with E-state index in [2.05, 4.69) is 20.3 Å². The first-order valence-electron chi connectivity index (χ1n) is 7.48. The molecule has 2 atom stereocenters. The first-order chi connectivity index (χ1) is 9.69. The van der Waals surface area contributed by atoms with Gasteiger partial charge < -0.3 is 15.4 Å². The Morgan fingerprint density at radius 3 is 3.00 bits per heavy atom. The van der Waals surface area contributed by atoms with Crippen molar-refractivity contribution in [1.82, 2.24) is 15.5 Å². The first-order valence-corrected chi connectivity index (χ1v) is 7.48. The maximum absolute atomic E-state index is 11.8. The molecule has 20 heavy (non-hydrogen) atoms. The number of likely N-dealkylation sites (tertiary alicyclic amines) is 1. The van der Waals surface area contributed by atoms with Gasteiger partial charge in [-0.1, -0.05) is 0 Å². The number of ether oxygens (including phenoxy) is 1. The Labute approximate surface area is 120 Å². The highest BCUT2D eigenvalue weighted by atomic mass is 16.5. The summed E-state index contributed by atoms with van der Waals surface area (Å²) in [5, 5.41) is 6.39. The van der Waals surface area contributed by atoms with Gasteiger partial charge in [0, 0.05) is 32.1 Å². The minimum Gasteiger partial charge on any atom is -0.469 e. The molecule has 2 heterocycles. The van der Waals surface area contributed by atoms with E-state index in [0.717, 1.165) is 19.6 Å². The van der Waals surface area contributed by atoms with E-state index in [4.69, 9.17) is 0 Å². The Balaban J connectivity index is 1.59. The number of rotatable bonds is 6. The number of fused-ring (bicyclic) bond motifs is 1. The van der Waals surface area contributed by atoms with Crippen LogP contribution < -0.4 is 10.6 Å². The van der Waals surface area contributed by atoms with Gasteiger partial charge in [0.15, 0.2) is 0 Å². The van der Waals surface area contributed by atoms with Gasteiger partial charge in [0.05, 0.1) is 13.7 Å². The van der Waals surface area contributed by atoms with E-state index in [9.17, 15) is 9.59 Å². The van der Waals surface area contributed by atoms with Gasteiger partial charge in [-0.2, -0.15) is 0 Å². The third kappa shape index (κ3) is 4.45. The maximum atomic E-state index is 11.8. The predicted molar refractivity (Wildman–Crippen MR) is 75.2 cm³/mol. The minimum absolute atomic E-state index is 0.0495. The molecular formula is C14H25N3O3. The molecule has 6 heteroatoms. The topological polar surface area (TPSA) is 70.7 Å². The van der Waals surface area contributed by atoms with Crippen molar-refractivity contribution in [2.75, 3.05) is 39.8 Å². The molecule has 0 aliphatic carbocycles. The van der Waals surface area contributed by atoms with Crippen LogP contribution in [0.1, 0.15) is 25.7 Å². The summed E-state index contributed by atoms with van der Waals surface area (Å²) in [6.45, 7) is 4.10. The normalized spacial score (nSPS) is 26.1. The van der Waals surface area contributed by atoms with E-state index in [-0.39, 0.29) is 11.9 Å². The number of carbonyl (C=O) groups is 2. The van der Waals surface area contributed by atoms with Crippen LogP contribution in [-0.2, 0) is 14.3 Å². The number of hydrogen-bond donors (Lipinski definition) is 2. The van der Waals surface area contributed by atoms with Gasteiger partial charge in [-0.25, -0.2) is 0 Å². The lowest BCUT2D eigenvalue weighted by atomic mass is 9.94. The molecule has 2 N–H and O–H groups in total. The molecule has 0 radical (unpaired) electrons. The fourth-order valence-corrected chi connectivity index (χ4v) is 3.09. The molecule has 0 aromatic carbocycles. The van der Waals surface area contributed by atoms with Crippen molar-refractivity contribution in [3.8, 4) is 0 Å². The highest BCUT2D eigenvalue weighted by molar-refractivity contribution is 5.78. The van der Waals surface area contributed by atoms with Crippen LogP contribution >= 0.6 is 0 Å². The maximum Gasteiger partial charge on any atom is 0.305 e. The molecule has 0 aromatic heterocycles. The Bertz CT molecular complexity index is 335. The number of esters is 1. The minimum atomic E-state index is -0.228. The SMILES string of the molecule is COC(=O)CCCNC(=O)CN1C[C@@H]2CCCN[C@@H]2C1. The number of piperidine rings is 1. The van der Waals surface area contributed by atoms with E-state index in [1.165, 1.54) is 20.0 Å². The lowest BCUT2D eigenvalue weighted by Crippen LogP contribution is -2.41. The van der Waals surface area contributed by atoms with Crippen LogP contribution in [0.4, 0.5) is 0 Å². The quantitative estimate of drug-likeness (QED) is 0.519. The van der Waals surface area contributed by atoms with Crippen LogP contribution in [0.25, 0.3) is 0 Å². The van der Waals surface area contributed by atoms with Crippen LogP contribution in [0, 0.1) is 5.92 Å². The fraction of sp³-hybridized carbons (Fsp3) is 0.857. The van der Waals surface area contributed by atoms with Crippen LogP contribution in [-0.4, -0.2) is 62.7 Å². The average molecular weight is 283 g/mol. The second-order valence-electron chi connectivity index (χ2n) is 5.69. The molecule has 0 aromatic rings. The van der Waals surface area contributed by atoms with Crippen LogP contribution in [0.2, 0.25) is 0 Å². The Kier molecular flexibility index (Phi) is 5.79. The van der Waals surface area contributed by atoms with Crippen molar-refractivity contribution >= 4 is 11.9 Å². The van der Waals surface area contributed by atoms with Crippen LogP contribution in [0.3, 0.4) is 0 Å². The van der Waals surface area contributed by atoms with Gasteiger partial charge in [0.25, 0.3) is 0 Å². The van der Waals surface area contributed by atoms with Gasteiger partial charge in [-0.15, -0.1) is 0 Å². The number of carbonyl (C=O) groups excluding carboxylic acids is 2. The third-order valence-electron chi connectivity index (χ3n) is 4.15. The van der Waals surface area contributed by atoms with Gasteiger partial charge in [-0.3, -0.25) is 14.5 Å². The highest BCUT2D eigenvalue weighted by Gasteiger charge is 2.34. The average Bonchev–Trinajstić information content (AvgIpc) is 2.85. The summed E-state index contributed by atoms with van der Waals surface area (Å²) in [6, 6.07) is 0.566. The lowest BCUT2D eigenvalue weighted by molar-refractivity contribution is -0.140. The number of hydrogen-bond acceptors (Lipinski definition) is 5. The summed E-state index contributed by atoms with van der Waals surface area (Å²) in [5.74, 6) is 0.526. The molecule has 0 bridgehead atoms. The van der Waals surface area contributed by atoms with E-state index in [1.807, 2.05) is 0 Å². The Morgan fingerprint density at radius 2 is 2.25 bits per heavy atom. The van der Waals surface area contributed by atoms with E-state index in [0.29, 0.717) is 37.9 Å². The summed E-state index contributed by atoms with van der Waals surface area (Å²) >= 11 is 0. The highest BCUT2D eigenvalue weighted by Crippen LogP contribution is 2.24. The van der Waals surface area contributed by atoms with E-state index in [1.54, 1.807) is 0 Å². The molecule has 0 saturated carbocycles. The molecule has 2 saturated heterocycles. The number of methoxy groups -OCH3 is 1. The third-order valence-corrected chi connectivity index (χ3v) is 4.15. The summed E-state index contributed by atoms with van der Waals surface area (Å²) in [5.41, 5.74) is 0. The molecule has 2 aliphatic heterocycles. The molecule has 0 spiro atoms. The number of amides is 1. The second kappa shape index (κ2) is 7.59. The molecule has 1 amide bonds. The van der Waals surface area contributed by atoms with Crippen molar-refractivity contribution in [3.63, 3.8) is 0 Å². The summed E-state index contributed by atoms with van der Waals surface area (Å²) < 4.78 is 4.55. The fourth-order valence-electron chi connectivity index (χ4n) is 3.09. The monoisotopic (exact) mass is 283 g/mol. The largest absolute Gasteiger partial charge is 0.469 e. The van der Waals surface area contributed by atoms with Gasteiger partial charge in [0.1, 0.15) is 0 Å². The first kappa shape index (κ1) is 15.3. The standard InChI is InChI=1S/C14H25N3O3/c1-20-14(19)5-3-7-16-13(18)10-17-8-11-4-2-6-15-12(11)9-17/h11-12,15H,2-10H2,1H3,(H,16,18)/t11-,12+/m0/s1. The number of nitrogens with zero attached hydrogens (tertiary/aromatic N) is 1. The summed E-state index contributed by atoms with van der Waals surface area (Å²) in [7, 11) is 1.38. The molecule has 114 valence electrons. The van der Waals surface area contributed by atoms with Gasteiger partial charge in [0.2, 0.25) is 5.91 Å². The Hall–Kier alpha value is -1.14. The molecule has 6 nitrogen and oxygen atoms in total. The van der Waals surface area contributed by atoms with Crippen LogP contribution in [0.5, 0.6) is 0 Å². The Morgan fingerprint density at radius 1 is 1.40 bits per heavy atom. The zero-order chi connectivity index (χ0) is 14.4. The molecule has 2 aliphatic rings. The van der Waals surface area contributed by atoms with Crippen molar-refractivity contribution in [2.24, 2.45) is 5.92 Å². The number of nitrogens with one attached hydrogen (secondary N) is 2. The van der Waals surface area contributed by atoms with Gasteiger partial charge in [-0.05, 0) is 31.7 Å². The molecule has 0 unspecified atom stereocenters. The van der Waals surface area contributed by atoms with E-state index < -0.39 is 0 Å². The molecule has 2 rings (SSSR count). The molecular weight excluding hydrogens is 258 g/mol. The van der Waals surface area contributed by atoms with Crippen molar-refractivity contribution in [2.45, 2.75) is 31.7 Å². The second-order valence-corrected chi connectivity index (χ2v) is 5.69.